The fourth-order valence-electron chi connectivity index (χ4n) is 6.18. The maximum Gasteiger partial charge on any atom is 0.352 e. The Morgan fingerprint density at radius 1 is 1.31 bits per heavy atom. The first-order valence-corrected chi connectivity index (χ1v) is 11.5. The minimum absolute atomic E-state index is 0.0581. The Labute approximate surface area is 200 Å². The van der Waals surface area contributed by atoms with E-state index in [1.165, 1.54) is 6.92 Å². The van der Waals surface area contributed by atoms with Gasteiger partial charge in [-0.05, 0) is 51.1 Å². The molecule has 35 heavy (non-hydrogen) atoms. The molecule has 4 aliphatic rings. The molecule has 188 valence electrons. The SMILES string of the molecule is CC(OC(=O)CC(O)C(=O)O)C(=O)OC1=CC[C@@]2(O)[C@H]3Cc4ccc(O)c5c4[C@@]2(CCN3C)[C@H]1O5. The Balaban J connectivity index is 1.42. The summed E-state index contributed by atoms with van der Waals surface area (Å²) >= 11 is 0. The molecule has 11 nitrogen and oxygen atoms in total. The molecule has 0 amide bonds. The van der Waals surface area contributed by atoms with E-state index in [-0.39, 0.29) is 29.7 Å². The number of nitrogens with zero attached hydrogens (tertiary/aromatic N) is 1. The molecule has 0 radical (unpaired) electrons. The first kappa shape index (κ1) is 23.6. The van der Waals surface area contributed by atoms with E-state index in [1.54, 1.807) is 12.1 Å². The minimum atomic E-state index is -1.94. The van der Waals surface area contributed by atoms with Crippen molar-refractivity contribution in [2.45, 2.75) is 68.0 Å². The van der Waals surface area contributed by atoms with Gasteiger partial charge in [0.15, 0.2) is 29.8 Å². The second-order valence-corrected chi connectivity index (χ2v) is 9.71. The molecule has 2 heterocycles. The average molecular weight is 489 g/mol. The van der Waals surface area contributed by atoms with E-state index in [2.05, 4.69) is 4.90 Å². The van der Waals surface area contributed by atoms with Crippen LogP contribution < -0.4 is 4.74 Å². The number of likely N-dealkylation sites (N-methyl/N-ethyl adjacent to an activating group) is 1. The van der Waals surface area contributed by atoms with Crippen molar-refractivity contribution in [2.24, 2.45) is 0 Å². The molecule has 11 heteroatoms. The first-order valence-electron chi connectivity index (χ1n) is 11.5. The fraction of sp³-hybridized carbons (Fsp3) is 0.542. The van der Waals surface area contributed by atoms with Crippen LogP contribution >= 0.6 is 0 Å². The molecule has 2 aliphatic carbocycles. The van der Waals surface area contributed by atoms with Crippen LogP contribution in [0, 0.1) is 0 Å². The Morgan fingerprint density at radius 2 is 2.06 bits per heavy atom. The quantitative estimate of drug-likeness (QED) is 0.397. The van der Waals surface area contributed by atoms with Crippen LogP contribution in [0.5, 0.6) is 11.5 Å². The summed E-state index contributed by atoms with van der Waals surface area (Å²) in [5.41, 5.74) is -0.425. The van der Waals surface area contributed by atoms with Crippen LogP contribution in [-0.2, 0) is 35.7 Å². The van der Waals surface area contributed by atoms with Crippen molar-refractivity contribution >= 4 is 17.9 Å². The zero-order chi connectivity index (χ0) is 25.3. The van der Waals surface area contributed by atoms with Gasteiger partial charge in [0.1, 0.15) is 5.76 Å². The van der Waals surface area contributed by atoms with Crippen LogP contribution in [-0.4, -0.2) is 86.8 Å². The maximum atomic E-state index is 12.8. The van der Waals surface area contributed by atoms with Gasteiger partial charge in [-0.3, -0.25) is 4.79 Å². The van der Waals surface area contributed by atoms with E-state index in [4.69, 9.17) is 19.3 Å². The molecule has 0 aromatic heterocycles. The van der Waals surface area contributed by atoms with E-state index >= 15 is 0 Å². The van der Waals surface area contributed by atoms with Crippen molar-refractivity contribution in [1.82, 2.24) is 4.90 Å². The lowest BCUT2D eigenvalue weighted by atomic mass is 9.50. The van der Waals surface area contributed by atoms with Crippen molar-refractivity contribution < 1.29 is 49.0 Å². The van der Waals surface area contributed by atoms with E-state index < -0.39 is 53.7 Å². The molecule has 2 aliphatic heterocycles. The van der Waals surface area contributed by atoms with Gasteiger partial charge in [-0.25, -0.2) is 9.59 Å². The lowest BCUT2D eigenvalue weighted by Crippen LogP contribution is -2.74. The first-order chi connectivity index (χ1) is 16.5. The van der Waals surface area contributed by atoms with Gasteiger partial charge in [-0.1, -0.05) is 6.07 Å². The third-order valence-corrected chi connectivity index (χ3v) is 7.86. The molecular weight excluding hydrogens is 462 g/mol. The largest absolute Gasteiger partial charge is 0.504 e. The molecule has 1 aromatic carbocycles. The molecular formula is C24H27NO10. The Bertz CT molecular complexity index is 1150. The number of aliphatic carboxylic acids is 1. The summed E-state index contributed by atoms with van der Waals surface area (Å²) in [5, 5.41) is 40.6. The number of rotatable bonds is 6. The summed E-state index contributed by atoms with van der Waals surface area (Å²) in [6, 6.07) is 3.20. The molecule has 2 bridgehead atoms. The van der Waals surface area contributed by atoms with Crippen molar-refractivity contribution in [3.63, 3.8) is 0 Å². The molecule has 0 saturated carbocycles. The molecule has 4 N–H and O–H groups in total. The number of phenolic OH excluding ortho intramolecular Hbond substituents is 1. The van der Waals surface area contributed by atoms with Crippen LogP contribution in [0.2, 0.25) is 0 Å². The summed E-state index contributed by atoms with van der Waals surface area (Å²) in [4.78, 5) is 37.5. The number of piperidine rings is 1. The number of carbonyl (C=O) groups excluding carboxylic acids is 2. The van der Waals surface area contributed by atoms with Crippen LogP contribution in [0.1, 0.15) is 37.3 Å². The highest BCUT2D eigenvalue weighted by Gasteiger charge is 2.72. The highest BCUT2D eigenvalue weighted by molar-refractivity contribution is 5.83. The third-order valence-electron chi connectivity index (χ3n) is 7.86. The highest BCUT2D eigenvalue weighted by atomic mass is 16.6. The molecule has 2 unspecified atom stereocenters. The molecule has 1 aromatic rings. The summed E-state index contributed by atoms with van der Waals surface area (Å²) in [6.45, 7) is 1.94. The number of esters is 2. The van der Waals surface area contributed by atoms with E-state index in [1.807, 2.05) is 13.1 Å². The van der Waals surface area contributed by atoms with Gasteiger partial charge in [0.05, 0.1) is 17.4 Å². The Morgan fingerprint density at radius 3 is 2.77 bits per heavy atom. The van der Waals surface area contributed by atoms with Gasteiger partial charge in [0, 0.05) is 18.0 Å². The van der Waals surface area contributed by atoms with Crippen LogP contribution in [0.25, 0.3) is 0 Å². The number of benzene rings is 1. The number of aliphatic hydroxyl groups excluding tert-OH is 1. The number of aliphatic hydroxyl groups is 2. The normalized spacial score (nSPS) is 31.9. The van der Waals surface area contributed by atoms with Crippen molar-refractivity contribution in [2.75, 3.05) is 13.6 Å². The Kier molecular flexibility index (Phi) is 5.35. The van der Waals surface area contributed by atoms with Gasteiger partial charge >= 0.3 is 17.9 Å². The number of carbonyl (C=O) groups is 3. The fourth-order valence-corrected chi connectivity index (χ4v) is 6.18. The van der Waals surface area contributed by atoms with Gasteiger partial charge in [-0.15, -0.1) is 0 Å². The maximum absolute atomic E-state index is 12.8. The van der Waals surface area contributed by atoms with Crippen molar-refractivity contribution in [1.29, 1.82) is 0 Å². The van der Waals surface area contributed by atoms with E-state index in [9.17, 15) is 29.7 Å². The summed E-state index contributed by atoms with van der Waals surface area (Å²) < 4.78 is 16.7. The van der Waals surface area contributed by atoms with Crippen LogP contribution in [0.4, 0.5) is 0 Å². The van der Waals surface area contributed by atoms with Gasteiger partial charge in [-0.2, -0.15) is 0 Å². The monoisotopic (exact) mass is 489 g/mol. The topological polar surface area (TPSA) is 163 Å². The number of likely N-dealkylation sites (tertiary alicyclic amines) is 1. The molecule has 1 saturated heterocycles. The predicted molar refractivity (Wildman–Crippen MR) is 116 cm³/mol. The second kappa shape index (κ2) is 7.94. The minimum Gasteiger partial charge on any atom is -0.504 e. The number of phenols is 1. The number of hydrogen-bond acceptors (Lipinski definition) is 10. The number of hydrogen-bond donors (Lipinski definition) is 4. The number of carboxylic acid groups (broad SMARTS) is 1. The number of carboxylic acids is 1. The molecule has 6 atom stereocenters. The number of ether oxygens (including phenoxy) is 3. The number of aromatic hydroxyl groups is 1. The smallest absolute Gasteiger partial charge is 0.352 e. The highest BCUT2D eigenvalue weighted by Crippen LogP contribution is 2.65. The van der Waals surface area contributed by atoms with E-state index in [0.717, 1.165) is 11.1 Å². The average Bonchev–Trinajstić information content (AvgIpc) is 3.15. The second-order valence-electron chi connectivity index (χ2n) is 9.71. The standard InChI is InChI=1S/C24H27NO10/c1-11(33-17(28)10-14(27)21(29)30)22(31)34-15-5-6-24(32)16-9-12-3-4-13(26)19-18(12)23(24,20(15)35-19)7-8-25(16)2/h3-5,11,14,16,20,26-27,32H,6-10H2,1-2H3,(H,29,30)/t11?,14?,16-,20+,23+,24-/m1/s1. The predicted octanol–water partition coefficient (Wildman–Crippen LogP) is -0.0196. The van der Waals surface area contributed by atoms with Crippen LogP contribution in [0.3, 0.4) is 0 Å². The van der Waals surface area contributed by atoms with E-state index in [0.29, 0.717) is 19.4 Å². The van der Waals surface area contributed by atoms with Gasteiger partial charge < -0.3 is 39.5 Å². The van der Waals surface area contributed by atoms with Gasteiger partial charge in [0.25, 0.3) is 0 Å². The summed E-state index contributed by atoms with van der Waals surface area (Å²) in [6.07, 6.45) is -2.12. The lowest BCUT2D eigenvalue weighted by Gasteiger charge is -2.61. The lowest BCUT2D eigenvalue weighted by molar-refractivity contribution is -0.176. The zero-order valence-electron chi connectivity index (χ0n) is 19.3. The van der Waals surface area contributed by atoms with Gasteiger partial charge in [0.2, 0.25) is 0 Å². The summed E-state index contributed by atoms with van der Waals surface area (Å²) in [5.74, 6) is -3.20. The zero-order valence-corrected chi connectivity index (χ0v) is 19.3. The summed E-state index contributed by atoms with van der Waals surface area (Å²) in [7, 11) is 1.96. The van der Waals surface area contributed by atoms with Crippen molar-refractivity contribution in [3.05, 3.63) is 35.1 Å². The molecule has 1 spiro atoms. The molecule has 1 fully saturated rings. The third kappa shape index (κ3) is 3.25. The van der Waals surface area contributed by atoms with Crippen LogP contribution in [0.15, 0.2) is 24.0 Å². The molecule has 5 rings (SSSR count). The Hall–Kier alpha value is -3.15. The van der Waals surface area contributed by atoms with Crippen molar-refractivity contribution in [3.8, 4) is 11.5 Å².